The molecule has 1 aliphatic heterocycles. The summed E-state index contributed by atoms with van der Waals surface area (Å²) in [5.41, 5.74) is 0.870. The topological polar surface area (TPSA) is 61.4 Å². The highest BCUT2D eigenvalue weighted by atomic mass is 32.1. The molecule has 1 aliphatic rings. The molecular formula is C15H19N5OS. The zero-order valence-electron chi connectivity index (χ0n) is 12.5. The predicted octanol–water partition coefficient (Wildman–Crippen LogP) is 1.71. The molecule has 1 N–H and O–H groups in total. The van der Waals surface area contributed by atoms with Crippen molar-refractivity contribution in [3.8, 4) is 0 Å². The summed E-state index contributed by atoms with van der Waals surface area (Å²) in [7, 11) is 2.11. The molecule has 6 nitrogen and oxygen atoms in total. The van der Waals surface area contributed by atoms with Gasteiger partial charge in [0.25, 0.3) is 0 Å². The molecule has 3 heterocycles. The number of piperazine rings is 1. The van der Waals surface area contributed by atoms with E-state index >= 15 is 0 Å². The summed E-state index contributed by atoms with van der Waals surface area (Å²) in [5, 5.41) is 3.88. The first-order valence-electron chi connectivity index (χ1n) is 7.28. The van der Waals surface area contributed by atoms with Gasteiger partial charge in [0.1, 0.15) is 0 Å². The largest absolute Gasteiger partial charge is 0.330 e. The number of carbonyl (C=O) groups is 1. The molecule has 3 rings (SSSR count). The summed E-state index contributed by atoms with van der Waals surface area (Å²) in [6.07, 6.45) is 5.10. The Morgan fingerprint density at radius 1 is 1.32 bits per heavy atom. The minimum Gasteiger partial charge on any atom is -0.330 e. The molecule has 116 valence electrons. The van der Waals surface area contributed by atoms with E-state index < -0.39 is 0 Å². The van der Waals surface area contributed by atoms with Crippen molar-refractivity contribution >= 4 is 27.9 Å². The van der Waals surface area contributed by atoms with Crippen LogP contribution in [0.3, 0.4) is 0 Å². The fraction of sp³-hybridized carbons (Fsp3) is 0.400. The lowest BCUT2D eigenvalue weighted by molar-refractivity contribution is 0.0880. The Hall–Kier alpha value is -1.83. The van der Waals surface area contributed by atoms with Gasteiger partial charge in [0, 0.05) is 32.4 Å². The maximum Gasteiger partial charge on any atom is 0.188 e. The molecule has 0 atom stereocenters. The summed E-state index contributed by atoms with van der Waals surface area (Å²) in [4.78, 5) is 25.8. The number of hydrogen-bond donors (Lipinski definition) is 1. The van der Waals surface area contributed by atoms with Crippen LogP contribution in [-0.2, 0) is 0 Å². The lowest BCUT2D eigenvalue weighted by atomic mass is 10.2. The van der Waals surface area contributed by atoms with Crippen molar-refractivity contribution < 1.29 is 4.79 Å². The molecule has 1 saturated heterocycles. The second kappa shape index (κ2) is 6.95. The van der Waals surface area contributed by atoms with Gasteiger partial charge in [-0.2, -0.15) is 0 Å². The minimum atomic E-state index is 0.140. The van der Waals surface area contributed by atoms with Crippen LogP contribution in [0.4, 0.5) is 10.8 Å². The number of Topliss-reactive ketones (excluding diaryl/α,β-unsaturated/α-hetero) is 1. The smallest absolute Gasteiger partial charge is 0.188 e. The molecule has 0 radical (unpaired) electrons. The van der Waals surface area contributed by atoms with Crippen molar-refractivity contribution in [2.75, 3.05) is 45.1 Å². The van der Waals surface area contributed by atoms with Crippen molar-refractivity contribution in [3.63, 3.8) is 0 Å². The molecule has 1 fully saturated rings. The van der Waals surface area contributed by atoms with Crippen molar-refractivity contribution in [2.45, 2.75) is 0 Å². The highest BCUT2D eigenvalue weighted by Crippen LogP contribution is 2.22. The normalized spacial score (nSPS) is 16.6. The first-order chi connectivity index (χ1) is 10.7. The third kappa shape index (κ3) is 3.88. The fourth-order valence-corrected chi connectivity index (χ4v) is 3.07. The maximum absolute atomic E-state index is 12.3. The Bertz CT molecular complexity index is 622. The van der Waals surface area contributed by atoms with Gasteiger partial charge in [0.15, 0.2) is 10.9 Å². The number of hydrogen-bond acceptors (Lipinski definition) is 7. The predicted molar refractivity (Wildman–Crippen MR) is 87.9 cm³/mol. The van der Waals surface area contributed by atoms with Crippen molar-refractivity contribution in [2.24, 2.45) is 0 Å². The van der Waals surface area contributed by atoms with E-state index in [9.17, 15) is 4.79 Å². The number of aromatic nitrogens is 2. The van der Waals surface area contributed by atoms with Gasteiger partial charge in [0.2, 0.25) is 0 Å². The van der Waals surface area contributed by atoms with Crippen LogP contribution >= 0.6 is 11.3 Å². The van der Waals surface area contributed by atoms with E-state index in [-0.39, 0.29) is 5.78 Å². The highest BCUT2D eigenvalue weighted by molar-refractivity contribution is 7.17. The summed E-state index contributed by atoms with van der Waals surface area (Å²) in [5.74, 6) is 0.140. The Balaban J connectivity index is 1.57. The number of anilines is 2. The van der Waals surface area contributed by atoms with Crippen LogP contribution in [0, 0.1) is 0 Å². The lowest BCUT2D eigenvalue weighted by Crippen LogP contribution is -2.46. The molecule has 0 bridgehead atoms. The van der Waals surface area contributed by atoms with Gasteiger partial charge in [-0.3, -0.25) is 14.7 Å². The summed E-state index contributed by atoms with van der Waals surface area (Å²) in [6, 6.07) is 3.77. The molecule has 0 aromatic carbocycles. The Morgan fingerprint density at radius 2 is 2.14 bits per heavy atom. The van der Waals surface area contributed by atoms with Gasteiger partial charge in [0.05, 0.1) is 29.5 Å². The van der Waals surface area contributed by atoms with E-state index in [1.165, 1.54) is 11.3 Å². The maximum atomic E-state index is 12.3. The second-order valence-corrected chi connectivity index (χ2v) is 6.43. The average Bonchev–Trinajstić information content (AvgIpc) is 2.99. The molecule has 2 aromatic rings. The molecule has 0 aliphatic carbocycles. The monoisotopic (exact) mass is 317 g/mol. The third-order valence-electron chi connectivity index (χ3n) is 3.66. The van der Waals surface area contributed by atoms with Crippen molar-refractivity contribution in [1.29, 1.82) is 0 Å². The first kappa shape index (κ1) is 15.1. The number of rotatable bonds is 5. The molecular weight excluding hydrogens is 298 g/mol. The van der Waals surface area contributed by atoms with Crippen LogP contribution in [0.1, 0.15) is 9.67 Å². The first-order valence-corrected chi connectivity index (χ1v) is 8.09. The van der Waals surface area contributed by atoms with E-state index in [0.29, 0.717) is 11.4 Å². The number of likely N-dealkylation sites (N-methyl/N-ethyl adjacent to an activating group) is 1. The number of ketones is 1. The SMILES string of the molecule is CN1CCN(CC(=O)c2cnc(Nc3cccnc3)s2)CC1. The van der Waals surface area contributed by atoms with E-state index in [1.54, 1.807) is 18.6 Å². The van der Waals surface area contributed by atoms with Crippen LogP contribution in [-0.4, -0.2) is 65.3 Å². The molecule has 0 amide bonds. The van der Waals surface area contributed by atoms with E-state index in [4.69, 9.17) is 0 Å². The summed E-state index contributed by atoms with van der Waals surface area (Å²) in [6.45, 7) is 4.40. The Labute approximate surface area is 133 Å². The minimum absolute atomic E-state index is 0.140. The van der Waals surface area contributed by atoms with Gasteiger partial charge in [-0.1, -0.05) is 11.3 Å². The van der Waals surface area contributed by atoms with Crippen LogP contribution in [0.2, 0.25) is 0 Å². The van der Waals surface area contributed by atoms with E-state index in [1.807, 2.05) is 12.1 Å². The quantitative estimate of drug-likeness (QED) is 0.847. The summed E-state index contributed by atoms with van der Waals surface area (Å²) < 4.78 is 0. The van der Waals surface area contributed by atoms with Gasteiger partial charge in [-0.15, -0.1) is 0 Å². The number of nitrogens with one attached hydrogen (secondary N) is 1. The third-order valence-corrected chi connectivity index (χ3v) is 4.61. The molecule has 0 unspecified atom stereocenters. The summed E-state index contributed by atoms with van der Waals surface area (Å²) >= 11 is 1.39. The zero-order valence-corrected chi connectivity index (χ0v) is 13.3. The van der Waals surface area contributed by atoms with Crippen molar-refractivity contribution in [3.05, 3.63) is 35.6 Å². The van der Waals surface area contributed by atoms with E-state index in [2.05, 4.69) is 32.1 Å². The molecule has 0 saturated carbocycles. The Kier molecular flexibility index (Phi) is 4.77. The fourth-order valence-electron chi connectivity index (χ4n) is 2.31. The second-order valence-electron chi connectivity index (χ2n) is 5.40. The Morgan fingerprint density at radius 3 is 2.86 bits per heavy atom. The standard InChI is InChI=1S/C15H19N5OS/c1-19-5-7-20(8-6-19)11-13(21)14-10-17-15(22-14)18-12-3-2-4-16-9-12/h2-4,9-10H,5-8,11H2,1H3,(H,17,18). The molecule has 7 heteroatoms. The van der Waals surface area contributed by atoms with Gasteiger partial charge >= 0.3 is 0 Å². The van der Waals surface area contributed by atoms with E-state index in [0.717, 1.165) is 37.0 Å². The van der Waals surface area contributed by atoms with Crippen molar-refractivity contribution in [1.82, 2.24) is 19.8 Å². The van der Waals surface area contributed by atoms with Gasteiger partial charge < -0.3 is 10.2 Å². The highest BCUT2D eigenvalue weighted by Gasteiger charge is 2.19. The van der Waals surface area contributed by atoms with Crippen LogP contribution in [0.5, 0.6) is 0 Å². The molecule has 2 aromatic heterocycles. The average molecular weight is 317 g/mol. The van der Waals surface area contributed by atoms with Crippen LogP contribution in [0.15, 0.2) is 30.7 Å². The van der Waals surface area contributed by atoms with Gasteiger partial charge in [-0.25, -0.2) is 4.98 Å². The number of thiazole rings is 1. The number of carbonyl (C=O) groups excluding carboxylic acids is 1. The number of pyridine rings is 1. The molecule has 22 heavy (non-hydrogen) atoms. The van der Waals surface area contributed by atoms with Gasteiger partial charge in [-0.05, 0) is 19.2 Å². The molecule has 0 spiro atoms. The van der Waals surface area contributed by atoms with Crippen LogP contribution < -0.4 is 5.32 Å². The lowest BCUT2D eigenvalue weighted by Gasteiger charge is -2.31. The zero-order chi connectivity index (χ0) is 15.4. The van der Waals surface area contributed by atoms with Crippen LogP contribution in [0.25, 0.3) is 0 Å². The number of nitrogens with zero attached hydrogens (tertiary/aromatic N) is 4.